The van der Waals surface area contributed by atoms with Crippen molar-refractivity contribution in [1.29, 1.82) is 0 Å². The summed E-state index contributed by atoms with van der Waals surface area (Å²) in [6, 6.07) is 5.82. The number of nitrogens with zero attached hydrogens (tertiary/aromatic N) is 2. The van der Waals surface area contributed by atoms with Gasteiger partial charge in [0.2, 0.25) is 11.7 Å². The molecule has 0 saturated carbocycles. The molecule has 5 nitrogen and oxygen atoms in total. The normalized spacial score (nSPS) is 10.2. The van der Waals surface area contributed by atoms with Crippen LogP contribution in [0.1, 0.15) is 11.5 Å². The van der Waals surface area contributed by atoms with Crippen LogP contribution in [0.5, 0.6) is 5.75 Å². The van der Waals surface area contributed by atoms with Gasteiger partial charge in [-0.05, 0) is 24.6 Å². The molecule has 1 heterocycles. The second-order valence-electron chi connectivity index (χ2n) is 4.02. The van der Waals surface area contributed by atoms with Crippen LogP contribution in [-0.4, -0.2) is 23.8 Å². The SMILES string of the molecule is C#CCNCc1nc(-c2ccc(C)cc2OC)no1. The number of hydrogen-bond acceptors (Lipinski definition) is 5. The van der Waals surface area contributed by atoms with Crippen LogP contribution < -0.4 is 10.1 Å². The third kappa shape index (κ3) is 3.12. The van der Waals surface area contributed by atoms with E-state index in [9.17, 15) is 0 Å². The Kier molecular flexibility index (Phi) is 4.16. The van der Waals surface area contributed by atoms with Crippen LogP contribution in [0.3, 0.4) is 0 Å². The fourth-order valence-electron chi connectivity index (χ4n) is 1.66. The molecule has 0 aliphatic carbocycles. The third-order valence-electron chi connectivity index (χ3n) is 2.57. The Labute approximate surface area is 112 Å². The molecule has 0 radical (unpaired) electrons. The number of aryl methyl sites for hydroxylation is 1. The Morgan fingerprint density at radius 1 is 1.47 bits per heavy atom. The molecule has 0 bridgehead atoms. The van der Waals surface area contributed by atoms with Crippen molar-refractivity contribution in [3.05, 3.63) is 29.7 Å². The highest BCUT2D eigenvalue weighted by atomic mass is 16.5. The van der Waals surface area contributed by atoms with Crippen LogP contribution in [0.25, 0.3) is 11.4 Å². The van der Waals surface area contributed by atoms with Gasteiger partial charge in [-0.3, -0.25) is 5.32 Å². The number of nitrogens with one attached hydrogen (secondary N) is 1. The summed E-state index contributed by atoms with van der Waals surface area (Å²) in [5.74, 6) is 4.21. The standard InChI is InChI=1S/C14H15N3O2/c1-4-7-15-9-13-16-14(17-19-13)11-6-5-10(2)8-12(11)18-3/h1,5-6,8,15H,7,9H2,2-3H3. The topological polar surface area (TPSA) is 60.2 Å². The first kappa shape index (κ1) is 13.1. The molecule has 0 atom stereocenters. The van der Waals surface area contributed by atoms with Crippen molar-refractivity contribution in [3.63, 3.8) is 0 Å². The van der Waals surface area contributed by atoms with Crippen LogP contribution in [-0.2, 0) is 6.54 Å². The van der Waals surface area contributed by atoms with E-state index in [1.807, 2.05) is 25.1 Å². The van der Waals surface area contributed by atoms with Crippen LogP contribution in [0, 0.1) is 19.3 Å². The molecule has 0 unspecified atom stereocenters. The molecule has 2 aromatic rings. The monoisotopic (exact) mass is 257 g/mol. The molecule has 1 N–H and O–H groups in total. The van der Waals surface area contributed by atoms with Gasteiger partial charge in [-0.2, -0.15) is 4.98 Å². The Hall–Kier alpha value is -2.32. The lowest BCUT2D eigenvalue weighted by Crippen LogP contribution is -2.13. The molecular weight excluding hydrogens is 242 g/mol. The Balaban J connectivity index is 2.21. The van der Waals surface area contributed by atoms with Crippen LogP contribution in [0.15, 0.2) is 22.7 Å². The summed E-state index contributed by atoms with van der Waals surface area (Å²) in [4.78, 5) is 4.30. The number of methoxy groups -OCH3 is 1. The van der Waals surface area contributed by atoms with Crippen molar-refractivity contribution in [3.8, 4) is 29.5 Å². The summed E-state index contributed by atoms with van der Waals surface area (Å²) < 4.78 is 10.5. The number of rotatable bonds is 5. The van der Waals surface area contributed by atoms with Gasteiger partial charge in [0.15, 0.2) is 0 Å². The van der Waals surface area contributed by atoms with Crippen molar-refractivity contribution >= 4 is 0 Å². The Morgan fingerprint density at radius 3 is 3.05 bits per heavy atom. The number of benzene rings is 1. The van der Waals surface area contributed by atoms with Crippen LogP contribution in [0.2, 0.25) is 0 Å². The summed E-state index contributed by atoms with van der Waals surface area (Å²) in [6.07, 6.45) is 5.15. The molecule has 98 valence electrons. The van der Waals surface area contributed by atoms with Crippen molar-refractivity contribution in [2.45, 2.75) is 13.5 Å². The van der Waals surface area contributed by atoms with Gasteiger partial charge in [0.25, 0.3) is 0 Å². The summed E-state index contributed by atoms with van der Waals surface area (Å²) in [7, 11) is 1.62. The van der Waals surface area contributed by atoms with Crippen LogP contribution >= 0.6 is 0 Å². The zero-order chi connectivity index (χ0) is 13.7. The average Bonchev–Trinajstić information content (AvgIpc) is 2.87. The molecular formula is C14H15N3O2. The van der Waals surface area contributed by atoms with E-state index in [0.717, 1.165) is 16.9 Å². The number of terminal acetylenes is 1. The summed E-state index contributed by atoms with van der Waals surface area (Å²) in [6.45, 7) is 2.91. The fourth-order valence-corrected chi connectivity index (χ4v) is 1.66. The van der Waals surface area contributed by atoms with E-state index in [1.54, 1.807) is 7.11 Å². The molecule has 5 heteroatoms. The van der Waals surface area contributed by atoms with Crippen molar-refractivity contribution in [1.82, 2.24) is 15.5 Å². The van der Waals surface area contributed by atoms with Gasteiger partial charge in [0, 0.05) is 0 Å². The van der Waals surface area contributed by atoms with Crippen molar-refractivity contribution < 1.29 is 9.26 Å². The molecule has 0 fully saturated rings. The molecule has 0 saturated heterocycles. The quantitative estimate of drug-likeness (QED) is 0.653. The first-order valence-electron chi connectivity index (χ1n) is 5.86. The van der Waals surface area contributed by atoms with E-state index in [1.165, 1.54) is 0 Å². The first-order valence-corrected chi connectivity index (χ1v) is 5.86. The summed E-state index contributed by atoms with van der Waals surface area (Å²) in [5.41, 5.74) is 1.92. The summed E-state index contributed by atoms with van der Waals surface area (Å²) in [5, 5.41) is 6.94. The van der Waals surface area contributed by atoms with E-state index in [2.05, 4.69) is 21.4 Å². The van der Waals surface area contributed by atoms with Gasteiger partial charge >= 0.3 is 0 Å². The summed E-state index contributed by atoms with van der Waals surface area (Å²) >= 11 is 0. The van der Waals surface area contributed by atoms with Gasteiger partial charge in [0.1, 0.15) is 5.75 Å². The maximum Gasteiger partial charge on any atom is 0.240 e. The van der Waals surface area contributed by atoms with Gasteiger partial charge in [-0.15, -0.1) is 6.42 Å². The van der Waals surface area contributed by atoms with Crippen molar-refractivity contribution in [2.75, 3.05) is 13.7 Å². The second-order valence-corrected chi connectivity index (χ2v) is 4.02. The molecule has 1 aromatic carbocycles. The molecule has 0 spiro atoms. The van der Waals surface area contributed by atoms with Gasteiger partial charge in [0.05, 0.1) is 25.8 Å². The second kappa shape index (κ2) is 6.03. The minimum absolute atomic E-state index is 0.450. The Morgan fingerprint density at radius 2 is 2.32 bits per heavy atom. The third-order valence-corrected chi connectivity index (χ3v) is 2.57. The fraction of sp³-hybridized carbons (Fsp3) is 0.286. The van der Waals surface area contributed by atoms with E-state index in [4.69, 9.17) is 15.7 Å². The lowest BCUT2D eigenvalue weighted by atomic mass is 10.1. The number of ether oxygens (including phenoxy) is 1. The van der Waals surface area contributed by atoms with Crippen LogP contribution in [0.4, 0.5) is 0 Å². The van der Waals surface area contributed by atoms with E-state index < -0.39 is 0 Å². The van der Waals surface area contributed by atoms with E-state index in [-0.39, 0.29) is 0 Å². The highest BCUT2D eigenvalue weighted by Crippen LogP contribution is 2.28. The lowest BCUT2D eigenvalue weighted by Gasteiger charge is -2.05. The molecule has 2 rings (SSSR count). The first-order chi connectivity index (χ1) is 9.24. The largest absolute Gasteiger partial charge is 0.496 e. The van der Waals surface area contributed by atoms with E-state index >= 15 is 0 Å². The molecule has 19 heavy (non-hydrogen) atoms. The van der Waals surface area contributed by atoms with Gasteiger partial charge in [-0.1, -0.05) is 17.1 Å². The zero-order valence-corrected chi connectivity index (χ0v) is 10.9. The maximum atomic E-state index is 5.32. The molecule has 0 aliphatic heterocycles. The number of hydrogen-bond donors (Lipinski definition) is 1. The van der Waals surface area contributed by atoms with Crippen molar-refractivity contribution in [2.24, 2.45) is 0 Å². The molecule has 0 amide bonds. The minimum atomic E-state index is 0.450. The lowest BCUT2D eigenvalue weighted by molar-refractivity contribution is 0.370. The zero-order valence-electron chi connectivity index (χ0n) is 10.9. The number of aromatic nitrogens is 2. The Bertz CT molecular complexity index is 599. The highest BCUT2D eigenvalue weighted by Gasteiger charge is 2.13. The van der Waals surface area contributed by atoms with Gasteiger partial charge in [-0.25, -0.2) is 0 Å². The highest BCUT2D eigenvalue weighted by molar-refractivity contribution is 5.64. The molecule has 0 aliphatic rings. The predicted molar refractivity (Wildman–Crippen MR) is 71.6 cm³/mol. The minimum Gasteiger partial charge on any atom is -0.496 e. The van der Waals surface area contributed by atoms with E-state index in [0.29, 0.717) is 24.8 Å². The van der Waals surface area contributed by atoms with Gasteiger partial charge < -0.3 is 9.26 Å². The maximum absolute atomic E-state index is 5.32. The predicted octanol–water partition coefficient (Wildman–Crippen LogP) is 1.78. The smallest absolute Gasteiger partial charge is 0.240 e. The molecule has 1 aromatic heterocycles. The average molecular weight is 257 g/mol.